The van der Waals surface area contributed by atoms with Crippen molar-refractivity contribution in [3.05, 3.63) is 12.2 Å². The van der Waals surface area contributed by atoms with Gasteiger partial charge < -0.3 is 17.7 Å². The minimum atomic E-state index is -1.48. The average Bonchev–Trinajstić information content (AvgIpc) is 2.48. The second-order valence-electron chi connectivity index (χ2n) is 9.24. The van der Waals surface area contributed by atoms with Gasteiger partial charge in [-0.2, -0.15) is 0 Å². The van der Waals surface area contributed by atoms with Crippen LogP contribution in [0.25, 0.3) is 0 Å². The summed E-state index contributed by atoms with van der Waals surface area (Å²) in [6.45, 7) is 22.8. The molecule has 0 heterocycles. The lowest BCUT2D eigenvalue weighted by molar-refractivity contribution is -0.139. The van der Waals surface area contributed by atoms with E-state index in [0.717, 1.165) is 13.0 Å². The van der Waals surface area contributed by atoms with Crippen LogP contribution in [0.1, 0.15) is 26.7 Å². The number of carbonyl (C=O) groups is 1. The van der Waals surface area contributed by atoms with Crippen molar-refractivity contribution in [2.75, 3.05) is 19.8 Å². The van der Waals surface area contributed by atoms with Crippen molar-refractivity contribution >= 4 is 42.1 Å². The minimum Gasteiger partial charge on any atom is -0.462 e. The van der Waals surface area contributed by atoms with Gasteiger partial charge in [0.1, 0.15) is 0 Å². The smallest absolute Gasteiger partial charge is 0.333 e. The predicted molar refractivity (Wildman–Crippen MR) is 120 cm³/mol. The van der Waals surface area contributed by atoms with E-state index in [0.29, 0.717) is 25.2 Å². The Balaban J connectivity index is 4.25. The zero-order valence-electron chi connectivity index (χ0n) is 18.2. The standard InChI is InChI=1S/C17H40O5Si4/c1-15(2)16(18)20-13-10-12-19-14-11-17(3,23-21-25(4,5)6)24-22-26(7,8)9/h1,10-14,23-24H2,2-9H3. The van der Waals surface area contributed by atoms with Crippen LogP contribution in [0.5, 0.6) is 0 Å². The van der Waals surface area contributed by atoms with Crippen LogP contribution in [0.3, 0.4) is 0 Å². The normalized spacial score (nSPS) is 15.7. The summed E-state index contributed by atoms with van der Waals surface area (Å²) in [7, 11) is -4.26. The van der Waals surface area contributed by atoms with E-state index in [1.807, 2.05) is 0 Å². The molecule has 26 heavy (non-hydrogen) atoms. The van der Waals surface area contributed by atoms with Crippen LogP contribution < -0.4 is 0 Å². The van der Waals surface area contributed by atoms with Gasteiger partial charge in [-0.25, -0.2) is 4.79 Å². The Morgan fingerprint density at radius 2 is 1.46 bits per heavy atom. The first-order valence-corrected chi connectivity index (χ1v) is 18.8. The van der Waals surface area contributed by atoms with Crippen molar-refractivity contribution < 1.29 is 22.5 Å². The van der Waals surface area contributed by atoms with Crippen molar-refractivity contribution in [1.82, 2.24) is 0 Å². The maximum atomic E-state index is 11.3. The van der Waals surface area contributed by atoms with Gasteiger partial charge in [-0.3, -0.25) is 0 Å². The molecule has 0 rings (SSSR count). The molecule has 0 aromatic heterocycles. The van der Waals surface area contributed by atoms with Crippen molar-refractivity contribution in [1.29, 1.82) is 0 Å². The van der Waals surface area contributed by atoms with Gasteiger partial charge in [-0.15, -0.1) is 0 Å². The first-order valence-electron chi connectivity index (χ1n) is 9.42. The van der Waals surface area contributed by atoms with E-state index < -0.39 is 36.2 Å². The summed E-state index contributed by atoms with van der Waals surface area (Å²) in [4.78, 5) is 11.3. The highest BCUT2D eigenvalue weighted by Crippen LogP contribution is 2.30. The first kappa shape index (κ1) is 26.0. The Morgan fingerprint density at radius 3 is 1.88 bits per heavy atom. The Hall–Kier alpha value is -0.0425. The SMILES string of the molecule is C=C(C)C(=O)OCCCOCCC(C)([SiH2]O[Si](C)(C)C)[SiH2]O[Si](C)(C)C. The first-order chi connectivity index (χ1) is 11.7. The zero-order valence-corrected chi connectivity index (χ0v) is 23.0. The summed E-state index contributed by atoms with van der Waals surface area (Å²) in [6.07, 6.45) is 1.72. The zero-order chi connectivity index (χ0) is 20.4. The van der Waals surface area contributed by atoms with E-state index in [-0.39, 0.29) is 10.6 Å². The van der Waals surface area contributed by atoms with Gasteiger partial charge >= 0.3 is 5.97 Å². The maximum absolute atomic E-state index is 11.3. The molecule has 0 spiro atoms. The second kappa shape index (κ2) is 11.7. The Morgan fingerprint density at radius 1 is 0.962 bits per heavy atom. The average molecular weight is 437 g/mol. The van der Waals surface area contributed by atoms with Crippen molar-refractivity contribution in [3.63, 3.8) is 0 Å². The highest BCUT2D eigenvalue weighted by Gasteiger charge is 2.31. The van der Waals surface area contributed by atoms with Crippen LogP contribution in [0.4, 0.5) is 0 Å². The van der Waals surface area contributed by atoms with Crippen LogP contribution in [-0.2, 0) is 22.5 Å². The largest absolute Gasteiger partial charge is 0.462 e. The predicted octanol–water partition coefficient (Wildman–Crippen LogP) is 2.91. The summed E-state index contributed by atoms with van der Waals surface area (Å²) in [5.41, 5.74) is 0.432. The van der Waals surface area contributed by atoms with Gasteiger partial charge in [0.05, 0.1) is 6.61 Å². The third-order valence-corrected chi connectivity index (χ3v) is 15.0. The number of hydrogen-bond acceptors (Lipinski definition) is 5. The molecule has 9 heteroatoms. The van der Waals surface area contributed by atoms with E-state index in [9.17, 15) is 4.79 Å². The lowest BCUT2D eigenvalue weighted by Crippen LogP contribution is -2.40. The lowest BCUT2D eigenvalue weighted by Gasteiger charge is -2.34. The summed E-state index contributed by atoms with van der Waals surface area (Å²) >= 11 is 0. The maximum Gasteiger partial charge on any atom is 0.333 e. The highest BCUT2D eigenvalue weighted by molar-refractivity contribution is 6.78. The molecule has 0 unspecified atom stereocenters. The molecule has 0 aliphatic carbocycles. The molecule has 0 fully saturated rings. The van der Waals surface area contributed by atoms with Crippen LogP contribution in [0.15, 0.2) is 12.2 Å². The topological polar surface area (TPSA) is 54.0 Å². The lowest BCUT2D eigenvalue weighted by atomic mass is 10.3. The Labute approximate surface area is 167 Å². The second-order valence-corrected chi connectivity index (χ2v) is 25.0. The summed E-state index contributed by atoms with van der Waals surface area (Å²) < 4.78 is 23.7. The number of carbonyl (C=O) groups excluding carboxylic acids is 1. The number of rotatable bonds is 14. The molecule has 154 valence electrons. The molecule has 0 aliphatic rings. The monoisotopic (exact) mass is 436 g/mol. The molecule has 0 atom stereocenters. The van der Waals surface area contributed by atoms with Gasteiger partial charge in [0, 0.05) is 25.2 Å². The van der Waals surface area contributed by atoms with Crippen LogP contribution in [-0.4, -0.2) is 62.0 Å². The van der Waals surface area contributed by atoms with Crippen LogP contribution >= 0.6 is 0 Å². The fourth-order valence-electron chi connectivity index (χ4n) is 1.84. The van der Waals surface area contributed by atoms with Gasteiger partial charge in [-0.05, 0) is 57.3 Å². The van der Waals surface area contributed by atoms with Crippen LogP contribution in [0, 0.1) is 0 Å². The molecule has 0 aromatic carbocycles. The fraction of sp³-hybridized carbons (Fsp3) is 0.824. The molecule has 0 aliphatic heterocycles. The number of ether oxygens (including phenoxy) is 2. The van der Waals surface area contributed by atoms with E-state index in [2.05, 4.69) is 52.8 Å². The molecule has 0 amide bonds. The van der Waals surface area contributed by atoms with Crippen molar-refractivity contribution in [2.45, 2.75) is 70.6 Å². The van der Waals surface area contributed by atoms with Gasteiger partial charge in [-0.1, -0.05) is 13.5 Å². The molecule has 0 N–H and O–H groups in total. The number of hydrogen-bond donors (Lipinski definition) is 0. The van der Waals surface area contributed by atoms with Gasteiger partial charge in [0.15, 0.2) is 36.2 Å². The van der Waals surface area contributed by atoms with E-state index >= 15 is 0 Å². The molecule has 5 nitrogen and oxygen atoms in total. The molecular formula is C17H40O5Si4. The van der Waals surface area contributed by atoms with E-state index in [1.165, 1.54) is 0 Å². The summed E-state index contributed by atoms with van der Waals surface area (Å²) in [5, 5.41) is 0. The molecule has 0 radical (unpaired) electrons. The Kier molecular flexibility index (Phi) is 11.7. The molecule has 0 bridgehead atoms. The molecule has 0 saturated heterocycles. The third-order valence-electron chi connectivity index (χ3n) is 3.57. The summed E-state index contributed by atoms with van der Waals surface area (Å²) in [6, 6.07) is 0. The van der Waals surface area contributed by atoms with E-state index in [4.69, 9.17) is 17.7 Å². The van der Waals surface area contributed by atoms with Crippen LogP contribution in [0.2, 0.25) is 43.9 Å². The molecular weight excluding hydrogens is 397 g/mol. The highest BCUT2D eigenvalue weighted by atomic mass is 28.4. The third kappa shape index (κ3) is 15.1. The van der Waals surface area contributed by atoms with Gasteiger partial charge in [0.25, 0.3) is 0 Å². The van der Waals surface area contributed by atoms with Gasteiger partial charge in [0.2, 0.25) is 0 Å². The minimum absolute atomic E-state index is 0.229. The quantitative estimate of drug-likeness (QED) is 0.181. The van der Waals surface area contributed by atoms with Crippen molar-refractivity contribution in [3.8, 4) is 0 Å². The van der Waals surface area contributed by atoms with E-state index in [1.54, 1.807) is 6.92 Å². The molecule has 0 saturated carbocycles. The molecule has 0 aromatic rings. The Bertz CT molecular complexity index is 425. The number of esters is 1. The summed E-state index contributed by atoms with van der Waals surface area (Å²) in [5.74, 6) is -0.332. The van der Waals surface area contributed by atoms with Crippen molar-refractivity contribution in [2.24, 2.45) is 0 Å². The fourth-order valence-corrected chi connectivity index (χ4v) is 10.8.